The van der Waals surface area contributed by atoms with Crippen LogP contribution in [-0.2, 0) is 20.7 Å². The van der Waals surface area contributed by atoms with Gasteiger partial charge in [0.25, 0.3) is 11.8 Å². The van der Waals surface area contributed by atoms with Crippen LogP contribution in [0.5, 0.6) is 0 Å². The van der Waals surface area contributed by atoms with Crippen LogP contribution < -0.4 is 5.32 Å². The average molecular weight is 518 g/mol. The lowest BCUT2D eigenvalue weighted by Gasteiger charge is -2.35. The van der Waals surface area contributed by atoms with Crippen LogP contribution in [0.3, 0.4) is 0 Å². The Bertz CT molecular complexity index is 1030. The lowest BCUT2D eigenvalue weighted by atomic mass is 9.76. The molecule has 0 spiro atoms. The Hall–Kier alpha value is -2.85. The van der Waals surface area contributed by atoms with E-state index in [1.807, 2.05) is 36.4 Å². The summed E-state index contributed by atoms with van der Waals surface area (Å²) in [5, 5.41) is 31.7. The maximum atomic E-state index is 13.7. The van der Waals surface area contributed by atoms with Crippen molar-refractivity contribution in [2.45, 2.75) is 56.6 Å². The smallest absolute Gasteiger partial charge is 0.426 e. The Balaban J connectivity index is 1.59. The molecule has 0 bridgehead atoms. The number of alkyl halides is 2. The largest absolute Gasteiger partial charge is 0.475 e. The normalized spacial score (nSPS) is 21.3. The molecule has 9 nitrogen and oxygen atoms in total. The van der Waals surface area contributed by atoms with Gasteiger partial charge in [0, 0.05) is 31.6 Å². The monoisotopic (exact) mass is 518 g/mol. The van der Waals surface area contributed by atoms with E-state index in [9.17, 15) is 33.7 Å². The number of nitrogens with one attached hydrogen (secondary N) is 1. The first kappa shape index (κ1) is 28.7. The van der Waals surface area contributed by atoms with Crippen molar-refractivity contribution in [2.75, 3.05) is 32.8 Å². The van der Waals surface area contributed by atoms with Gasteiger partial charge in [-0.15, -0.1) is 0 Å². The predicted molar refractivity (Wildman–Crippen MR) is 132 cm³/mol. The first-order valence-electron chi connectivity index (χ1n) is 12.3. The van der Waals surface area contributed by atoms with E-state index in [-0.39, 0.29) is 51.1 Å². The highest BCUT2D eigenvalue weighted by Crippen LogP contribution is 2.33. The van der Waals surface area contributed by atoms with Gasteiger partial charge >= 0.3 is 7.12 Å². The second-order valence-electron chi connectivity index (χ2n) is 10.1. The van der Waals surface area contributed by atoms with Gasteiger partial charge in [-0.1, -0.05) is 30.3 Å². The summed E-state index contributed by atoms with van der Waals surface area (Å²) < 4.78 is 33.0. The van der Waals surface area contributed by atoms with E-state index in [2.05, 4.69) is 5.32 Å². The number of nitriles is 1. The molecule has 0 radical (unpaired) electrons. The fourth-order valence-corrected chi connectivity index (χ4v) is 4.58. The molecular formula is C25H33BF2N4O5. The van der Waals surface area contributed by atoms with Gasteiger partial charge in [0.2, 0.25) is 5.91 Å². The Morgan fingerprint density at radius 1 is 1.32 bits per heavy atom. The molecule has 2 amide bonds. The number of ether oxygens (including phenoxy) is 1. The number of morpholine rings is 1. The Morgan fingerprint density at radius 2 is 2.03 bits per heavy atom. The molecule has 1 aromatic rings. The van der Waals surface area contributed by atoms with Crippen LogP contribution in [-0.4, -0.2) is 95.1 Å². The number of rotatable bonds is 9. The third kappa shape index (κ3) is 8.07. The van der Waals surface area contributed by atoms with Crippen molar-refractivity contribution >= 4 is 18.9 Å². The summed E-state index contributed by atoms with van der Waals surface area (Å²) in [5.74, 6) is -4.75. The van der Waals surface area contributed by atoms with Crippen LogP contribution in [0, 0.1) is 11.3 Å². The number of likely N-dealkylation sites (tertiary alicyclic amines) is 1. The van der Waals surface area contributed by atoms with Crippen LogP contribution >= 0.6 is 0 Å². The van der Waals surface area contributed by atoms with Crippen LogP contribution in [0.2, 0.25) is 0 Å². The summed E-state index contributed by atoms with van der Waals surface area (Å²) in [5.41, 5.74) is -0.259. The summed E-state index contributed by atoms with van der Waals surface area (Å²) in [4.78, 5) is 28.7. The molecule has 0 unspecified atom stereocenters. The highest BCUT2D eigenvalue weighted by molar-refractivity contribution is 6.43. The minimum Gasteiger partial charge on any atom is -0.426 e. The first-order valence-corrected chi connectivity index (χ1v) is 12.3. The lowest BCUT2D eigenvalue weighted by Crippen LogP contribution is -2.51. The van der Waals surface area contributed by atoms with Gasteiger partial charge in [-0.3, -0.25) is 14.5 Å². The summed E-state index contributed by atoms with van der Waals surface area (Å²) in [7, 11) is -1.77. The van der Waals surface area contributed by atoms with Crippen molar-refractivity contribution in [1.82, 2.24) is 15.1 Å². The van der Waals surface area contributed by atoms with Crippen molar-refractivity contribution < 1.29 is 33.2 Å². The third-order valence-electron chi connectivity index (χ3n) is 6.68. The average Bonchev–Trinajstić information content (AvgIpc) is 3.23. The Morgan fingerprint density at radius 3 is 2.62 bits per heavy atom. The minimum atomic E-state index is -2.80. The minimum absolute atomic E-state index is 0.0541. The van der Waals surface area contributed by atoms with Crippen LogP contribution in [0.25, 0.3) is 0 Å². The maximum Gasteiger partial charge on any atom is 0.475 e. The zero-order valence-electron chi connectivity index (χ0n) is 21.1. The fourth-order valence-electron chi connectivity index (χ4n) is 4.58. The summed E-state index contributed by atoms with van der Waals surface area (Å²) >= 11 is 0. The van der Waals surface area contributed by atoms with E-state index in [0.717, 1.165) is 5.56 Å². The van der Waals surface area contributed by atoms with Gasteiger partial charge in [-0.05, 0) is 31.9 Å². The van der Waals surface area contributed by atoms with E-state index in [1.165, 1.54) is 11.0 Å². The van der Waals surface area contributed by atoms with Crippen molar-refractivity contribution in [3.63, 3.8) is 0 Å². The molecule has 0 aliphatic carbocycles. The maximum absolute atomic E-state index is 13.7. The van der Waals surface area contributed by atoms with E-state index >= 15 is 0 Å². The second kappa shape index (κ2) is 12.1. The standard InChI is InChI=1S/C25H33BF2N4O5/c1-24(2,32-9-8-25(27,28)17-32)14-19(15-29)23(34)31-10-11-37-20(16-31)13-22(33)30-21(26(35)36)12-18-6-4-3-5-7-18/h3-7,14,20-21,35-36H,8-13,16-17H2,1-2H3,(H,30,33)/b19-14+/t20-,21-/m0/s1. The molecule has 3 rings (SSSR count). The number of nitrogens with zero attached hydrogens (tertiary/aromatic N) is 3. The molecule has 0 aromatic heterocycles. The van der Waals surface area contributed by atoms with Crippen molar-refractivity contribution in [3.05, 3.63) is 47.5 Å². The molecule has 2 atom stereocenters. The molecule has 200 valence electrons. The molecule has 2 heterocycles. The van der Waals surface area contributed by atoms with Crippen molar-refractivity contribution in [3.8, 4) is 6.07 Å². The van der Waals surface area contributed by atoms with Crippen LogP contribution in [0.15, 0.2) is 42.0 Å². The SMILES string of the molecule is CC(C)(/C=C(\C#N)C(=O)N1CCO[C@@H](CC(=O)N[C@@H](Cc2ccccc2)B(O)O)C1)N1CCC(F)(F)C1. The fraction of sp³-hybridized carbons (Fsp3) is 0.560. The van der Waals surface area contributed by atoms with E-state index < -0.39 is 49.0 Å². The first-order chi connectivity index (χ1) is 17.4. The predicted octanol–water partition coefficient (Wildman–Crippen LogP) is 0.913. The van der Waals surface area contributed by atoms with Crippen LogP contribution in [0.4, 0.5) is 8.78 Å². The molecule has 2 saturated heterocycles. The summed E-state index contributed by atoms with van der Waals surface area (Å²) in [6.45, 7) is 3.51. The Labute approximate surface area is 215 Å². The van der Waals surface area contributed by atoms with E-state index in [4.69, 9.17) is 4.74 Å². The van der Waals surface area contributed by atoms with Crippen molar-refractivity contribution in [2.24, 2.45) is 0 Å². The molecule has 3 N–H and O–H groups in total. The Kier molecular flexibility index (Phi) is 9.42. The number of carbonyl (C=O) groups is 2. The molecule has 1 aromatic carbocycles. The van der Waals surface area contributed by atoms with Gasteiger partial charge in [0.15, 0.2) is 0 Å². The summed E-state index contributed by atoms with van der Waals surface area (Å²) in [6, 6.07) is 11.0. The van der Waals surface area contributed by atoms with Crippen LogP contribution in [0.1, 0.15) is 32.3 Å². The van der Waals surface area contributed by atoms with Gasteiger partial charge < -0.3 is 25.0 Å². The molecule has 2 aliphatic heterocycles. The second-order valence-corrected chi connectivity index (χ2v) is 10.1. The summed E-state index contributed by atoms with van der Waals surface area (Å²) in [6.07, 6.45) is 0.588. The molecule has 2 fully saturated rings. The highest BCUT2D eigenvalue weighted by Gasteiger charge is 2.43. The molecular weight excluding hydrogens is 485 g/mol. The van der Waals surface area contributed by atoms with Gasteiger partial charge in [-0.25, -0.2) is 8.78 Å². The van der Waals surface area contributed by atoms with E-state index in [0.29, 0.717) is 0 Å². The van der Waals surface area contributed by atoms with Gasteiger partial charge in [-0.2, -0.15) is 5.26 Å². The molecule has 12 heteroatoms. The topological polar surface area (TPSA) is 126 Å². The number of hydrogen-bond acceptors (Lipinski definition) is 7. The molecule has 2 aliphatic rings. The number of carbonyl (C=O) groups excluding carboxylic acids is 2. The zero-order valence-corrected chi connectivity index (χ0v) is 21.1. The highest BCUT2D eigenvalue weighted by atomic mass is 19.3. The lowest BCUT2D eigenvalue weighted by molar-refractivity contribution is -0.138. The number of amides is 2. The van der Waals surface area contributed by atoms with E-state index in [1.54, 1.807) is 18.7 Å². The number of benzene rings is 1. The number of hydrogen-bond donors (Lipinski definition) is 3. The van der Waals surface area contributed by atoms with Gasteiger partial charge in [0.1, 0.15) is 11.6 Å². The third-order valence-corrected chi connectivity index (χ3v) is 6.68. The van der Waals surface area contributed by atoms with Crippen molar-refractivity contribution in [1.29, 1.82) is 5.26 Å². The molecule has 37 heavy (non-hydrogen) atoms. The molecule has 0 saturated carbocycles. The van der Waals surface area contributed by atoms with Gasteiger partial charge in [0.05, 0.1) is 31.6 Å². The quantitative estimate of drug-likeness (QED) is 0.252. The zero-order chi connectivity index (χ0) is 27.2. The number of halogens is 2.